The summed E-state index contributed by atoms with van der Waals surface area (Å²) >= 11 is 0. The van der Waals surface area contributed by atoms with Crippen LogP contribution in [0.3, 0.4) is 0 Å². The Balaban J connectivity index is 2.15. The minimum Gasteiger partial charge on any atom is -0.317 e. The molecule has 0 aliphatic carbocycles. The van der Waals surface area contributed by atoms with Crippen molar-refractivity contribution in [1.29, 1.82) is 0 Å². The van der Waals surface area contributed by atoms with Crippen LogP contribution in [-0.2, 0) is 13.0 Å². The van der Waals surface area contributed by atoms with Gasteiger partial charge in [0, 0.05) is 18.8 Å². The minimum atomic E-state index is 0.511. The predicted molar refractivity (Wildman–Crippen MR) is 80.2 cm³/mol. The number of hydrogen-bond acceptors (Lipinski definition) is 2. The smallest absolute Gasteiger partial charge is 0.0682 e. The number of benzene rings is 1. The first-order valence-corrected chi connectivity index (χ1v) is 7.03. The maximum atomic E-state index is 4.37. The molecular weight excluding hydrogens is 234 g/mol. The summed E-state index contributed by atoms with van der Waals surface area (Å²) in [6, 6.07) is 11.4. The van der Waals surface area contributed by atoms with Crippen molar-refractivity contribution in [3.63, 3.8) is 0 Å². The van der Waals surface area contributed by atoms with Crippen LogP contribution in [0.2, 0.25) is 0 Å². The molecular formula is C16H23N3. The van der Waals surface area contributed by atoms with Crippen LogP contribution < -0.4 is 5.32 Å². The third kappa shape index (κ3) is 3.44. The van der Waals surface area contributed by atoms with Gasteiger partial charge in [0.05, 0.1) is 5.69 Å². The van der Waals surface area contributed by atoms with Gasteiger partial charge in [-0.15, -0.1) is 0 Å². The lowest BCUT2D eigenvalue weighted by Crippen LogP contribution is -2.23. The van der Waals surface area contributed by atoms with E-state index in [0.29, 0.717) is 6.04 Å². The average molecular weight is 257 g/mol. The second-order valence-corrected chi connectivity index (χ2v) is 5.03. The standard InChI is InChI=1S/C16H23N3/c1-4-11-19-16(9-10-18-19)15-7-5-14(6-8-15)12-13(2)17-3/h5-10,13,17H,4,11-12H2,1-3H3. The molecule has 19 heavy (non-hydrogen) atoms. The Hall–Kier alpha value is -1.61. The number of rotatable bonds is 6. The van der Waals surface area contributed by atoms with Crippen LogP contribution in [-0.4, -0.2) is 22.9 Å². The second kappa shape index (κ2) is 6.53. The summed E-state index contributed by atoms with van der Waals surface area (Å²) in [6.07, 6.45) is 4.04. The van der Waals surface area contributed by atoms with Gasteiger partial charge in [0.2, 0.25) is 0 Å². The van der Waals surface area contributed by atoms with Gasteiger partial charge in [-0.1, -0.05) is 31.2 Å². The SMILES string of the molecule is CCCn1nccc1-c1ccc(CC(C)NC)cc1. The lowest BCUT2D eigenvalue weighted by atomic mass is 10.0. The molecule has 3 nitrogen and oxygen atoms in total. The van der Waals surface area contributed by atoms with E-state index in [1.165, 1.54) is 16.8 Å². The lowest BCUT2D eigenvalue weighted by Gasteiger charge is -2.11. The molecule has 0 amide bonds. The molecule has 0 spiro atoms. The van der Waals surface area contributed by atoms with Gasteiger partial charge in [-0.2, -0.15) is 5.10 Å². The van der Waals surface area contributed by atoms with E-state index in [1.54, 1.807) is 0 Å². The normalized spacial score (nSPS) is 12.6. The molecule has 0 aliphatic rings. The van der Waals surface area contributed by atoms with Crippen LogP contribution in [0.15, 0.2) is 36.5 Å². The fourth-order valence-corrected chi connectivity index (χ4v) is 2.24. The summed E-state index contributed by atoms with van der Waals surface area (Å²) < 4.78 is 2.07. The van der Waals surface area contributed by atoms with Crippen molar-refractivity contribution >= 4 is 0 Å². The van der Waals surface area contributed by atoms with Gasteiger partial charge in [-0.25, -0.2) is 0 Å². The lowest BCUT2D eigenvalue weighted by molar-refractivity contribution is 0.607. The molecule has 1 unspecified atom stereocenters. The van der Waals surface area contributed by atoms with E-state index in [9.17, 15) is 0 Å². The van der Waals surface area contributed by atoms with Gasteiger partial charge in [0.15, 0.2) is 0 Å². The molecule has 0 saturated carbocycles. The summed E-state index contributed by atoms with van der Waals surface area (Å²) in [5.41, 5.74) is 3.81. The minimum absolute atomic E-state index is 0.511. The molecule has 0 saturated heterocycles. The first kappa shape index (κ1) is 13.8. The van der Waals surface area contributed by atoms with Gasteiger partial charge in [-0.3, -0.25) is 4.68 Å². The van der Waals surface area contributed by atoms with Gasteiger partial charge in [0.25, 0.3) is 0 Å². The number of nitrogens with zero attached hydrogens (tertiary/aromatic N) is 2. The van der Waals surface area contributed by atoms with Crippen molar-refractivity contribution in [3.05, 3.63) is 42.1 Å². The third-order valence-corrected chi connectivity index (χ3v) is 3.44. The molecule has 1 aromatic heterocycles. The topological polar surface area (TPSA) is 29.9 Å². The Morgan fingerprint density at radius 1 is 1.21 bits per heavy atom. The summed E-state index contributed by atoms with van der Waals surface area (Å²) in [5, 5.41) is 7.64. The van der Waals surface area contributed by atoms with E-state index < -0.39 is 0 Å². The highest BCUT2D eigenvalue weighted by Gasteiger charge is 2.05. The van der Waals surface area contributed by atoms with Crippen molar-refractivity contribution in [3.8, 4) is 11.3 Å². The van der Waals surface area contributed by atoms with E-state index in [0.717, 1.165) is 19.4 Å². The van der Waals surface area contributed by atoms with Gasteiger partial charge >= 0.3 is 0 Å². The Kier molecular flexibility index (Phi) is 4.74. The first-order valence-electron chi connectivity index (χ1n) is 7.03. The molecule has 1 atom stereocenters. The van der Waals surface area contributed by atoms with Crippen LogP contribution in [0, 0.1) is 0 Å². The zero-order chi connectivity index (χ0) is 13.7. The van der Waals surface area contributed by atoms with Crippen molar-refractivity contribution in [1.82, 2.24) is 15.1 Å². The molecule has 0 radical (unpaired) electrons. The molecule has 0 fully saturated rings. The van der Waals surface area contributed by atoms with Crippen LogP contribution in [0.1, 0.15) is 25.8 Å². The summed E-state index contributed by atoms with van der Waals surface area (Å²) in [4.78, 5) is 0. The Labute approximate surface area is 115 Å². The van der Waals surface area contributed by atoms with Gasteiger partial charge in [-0.05, 0) is 44.0 Å². The highest BCUT2D eigenvalue weighted by atomic mass is 15.3. The molecule has 2 rings (SSSR count). The van der Waals surface area contributed by atoms with E-state index in [1.807, 2.05) is 13.2 Å². The first-order chi connectivity index (χ1) is 9.24. The summed E-state index contributed by atoms with van der Waals surface area (Å²) in [7, 11) is 2.00. The highest BCUT2D eigenvalue weighted by molar-refractivity contribution is 5.59. The van der Waals surface area contributed by atoms with Crippen molar-refractivity contribution in [2.45, 2.75) is 39.3 Å². The number of aryl methyl sites for hydroxylation is 1. The summed E-state index contributed by atoms with van der Waals surface area (Å²) in [6.45, 7) is 5.35. The Morgan fingerprint density at radius 2 is 1.95 bits per heavy atom. The monoisotopic (exact) mass is 257 g/mol. The predicted octanol–water partition coefficient (Wildman–Crippen LogP) is 3.11. The molecule has 0 bridgehead atoms. The fraction of sp³-hybridized carbons (Fsp3) is 0.438. The maximum Gasteiger partial charge on any atom is 0.0682 e. The van der Waals surface area contributed by atoms with Crippen molar-refractivity contribution < 1.29 is 0 Å². The van der Waals surface area contributed by atoms with E-state index in [-0.39, 0.29) is 0 Å². The molecule has 3 heteroatoms. The van der Waals surface area contributed by atoms with Gasteiger partial charge < -0.3 is 5.32 Å². The fourth-order valence-electron chi connectivity index (χ4n) is 2.24. The van der Waals surface area contributed by atoms with E-state index in [4.69, 9.17) is 0 Å². The van der Waals surface area contributed by atoms with Crippen LogP contribution >= 0.6 is 0 Å². The molecule has 102 valence electrons. The zero-order valence-electron chi connectivity index (χ0n) is 12.1. The number of hydrogen-bond donors (Lipinski definition) is 1. The van der Waals surface area contributed by atoms with Crippen LogP contribution in [0.5, 0.6) is 0 Å². The Bertz CT molecular complexity index is 499. The molecule has 1 heterocycles. The number of likely N-dealkylation sites (N-methyl/N-ethyl adjacent to an activating group) is 1. The van der Waals surface area contributed by atoms with E-state index >= 15 is 0 Å². The maximum absolute atomic E-state index is 4.37. The largest absolute Gasteiger partial charge is 0.317 e. The van der Waals surface area contributed by atoms with Crippen molar-refractivity contribution in [2.75, 3.05) is 7.05 Å². The summed E-state index contributed by atoms with van der Waals surface area (Å²) in [5.74, 6) is 0. The molecule has 0 aliphatic heterocycles. The average Bonchev–Trinajstić information content (AvgIpc) is 2.88. The quantitative estimate of drug-likeness (QED) is 0.861. The highest BCUT2D eigenvalue weighted by Crippen LogP contribution is 2.20. The molecule has 1 aromatic carbocycles. The Morgan fingerprint density at radius 3 is 2.58 bits per heavy atom. The van der Waals surface area contributed by atoms with Crippen molar-refractivity contribution in [2.24, 2.45) is 0 Å². The van der Waals surface area contributed by atoms with E-state index in [2.05, 4.69) is 59.3 Å². The van der Waals surface area contributed by atoms with Gasteiger partial charge in [0.1, 0.15) is 0 Å². The molecule has 1 N–H and O–H groups in total. The number of aromatic nitrogens is 2. The van der Waals surface area contributed by atoms with Crippen LogP contribution in [0.4, 0.5) is 0 Å². The number of nitrogens with one attached hydrogen (secondary N) is 1. The second-order valence-electron chi connectivity index (χ2n) is 5.03. The van der Waals surface area contributed by atoms with Crippen LogP contribution in [0.25, 0.3) is 11.3 Å². The third-order valence-electron chi connectivity index (χ3n) is 3.44. The molecule has 2 aromatic rings. The zero-order valence-corrected chi connectivity index (χ0v) is 12.1.